The van der Waals surface area contributed by atoms with Gasteiger partial charge in [-0.25, -0.2) is 4.79 Å². The molecule has 0 atom stereocenters. The molecule has 1 aromatic carbocycles. The molecule has 2 amide bonds. The highest BCUT2D eigenvalue weighted by Crippen LogP contribution is 2.17. The number of rotatable bonds is 7. The maximum absolute atomic E-state index is 11.6. The highest BCUT2D eigenvalue weighted by Gasteiger charge is 2.05. The minimum absolute atomic E-state index is 0.173. The van der Waals surface area contributed by atoms with E-state index in [0.717, 1.165) is 0 Å². The molecule has 0 aliphatic rings. The van der Waals surface area contributed by atoms with Crippen LogP contribution in [0.2, 0.25) is 0 Å². The lowest BCUT2D eigenvalue weighted by Crippen LogP contribution is -2.25. The molecule has 0 aromatic heterocycles. The summed E-state index contributed by atoms with van der Waals surface area (Å²) in [6.45, 7) is 1.47. The summed E-state index contributed by atoms with van der Waals surface area (Å²) in [7, 11) is 1.28. The molecule has 0 aliphatic heterocycles. The van der Waals surface area contributed by atoms with E-state index in [1.165, 1.54) is 14.0 Å². The molecule has 7 nitrogen and oxygen atoms in total. The summed E-state index contributed by atoms with van der Waals surface area (Å²) in [6.07, 6.45) is 0.173. The van der Waals surface area contributed by atoms with Gasteiger partial charge in [-0.2, -0.15) is 0 Å². The Morgan fingerprint density at radius 2 is 2.00 bits per heavy atom. The largest absolute Gasteiger partial charge is 0.482 e. The van der Waals surface area contributed by atoms with Gasteiger partial charge >= 0.3 is 5.97 Å². The van der Waals surface area contributed by atoms with E-state index in [0.29, 0.717) is 11.4 Å². The van der Waals surface area contributed by atoms with Crippen molar-refractivity contribution < 1.29 is 23.9 Å². The van der Waals surface area contributed by atoms with Gasteiger partial charge in [0, 0.05) is 31.6 Å². The molecule has 1 aromatic rings. The first-order valence-electron chi connectivity index (χ1n) is 6.35. The number of methoxy groups -OCH3 is 1. The highest BCUT2D eigenvalue weighted by atomic mass is 16.6. The van der Waals surface area contributed by atoms with E-state index in [4.69, 9.17) is 4.74 Å². The fourth-order valence-corrected chi connectivity index (χ4v) is 1.44. The third-order valence-electron chi connectivity index (χ3n) is 2.43. The number of amides is 2. The van der Waals surface area contributed by atoms with E-state index < -0.39 is 5.97 Å². The van der Waals surface area contributed by atoms with Gasteiger partial charge in [-0.15, -0.1) is 0 Å². The van der Waals surface area contributed by atoms with Crippen LogP contribution >= 0.6 is 0 Å². The monoisotopic (exact) mass is 294 g/mol. The van der Waals surface area contributed by atoms with E-state index in [1.807, 2.05) is 0 Å². The molecular formula is C14H18N2O5. The summed E-state index contributed by atoms with van der Waals surface area (Å²) in [4.78, 5) is 33.3. The maximum atomic E-state index is 11.6. The van der Waals surface area contributed by atoms with E-state index in [-0.39, 0.29) is 31.4 Å². The second kappa shape index (κ2) is 8.57. The van der Waals surface area contributed by atoms with Crippen LogP contribution in [0.15, 0.2) is 24.3 Å². The van der Waals surface area contributed by atoms with Crippen molar-refractivity contribution >= 4 is 23.5 Å². The summed E-state index contributed by atoms with van der Waals surface area (Å²) in [6, 6.07) is 6.65. The number of carbonyl (C=O) groups excluding carboxylic acids is 3. The summed E-state index contributed by atoms with van der Waals surface area (Å²) >= 11 is 0. The second-order valence-corrected chi connectivity index (χ2v) is 4.17. The van der Waals surface area contributed by atoms with Gasteiger partial charge in [0.05, 0.1) is 7.11 Å². The minimum Gasteiger partial charge on any atom is -0.482 e. The summed E-state index contributed by atoms with van der Waals surface area (Å²) in [5.74, 6) is -0.449. The quantitative estimate of drug-likeness (QED) is 0.722. The van der Waals surface area contributed by atoms with Gasteiger partial charge in [0.1, 0.15) is 5.75 Å². The predicted octanol–water partition coefficient (Wildman–Crippen LogP) is 0.703. The number of nitrogens with one attached hydrogen (secondary N) is 2. The molecule has 0 heterocycles. The summed E-state index contributed by atoms with van der Waals surface area (Å²) in [5, 5.41) is 5.21. The molecule has 0 spiro atoms. The Labute approximate surface area is 122 Å². The first-order chi connectivity index (χ1) is 10.0. The topological polar surface area (TPSA) is 93.7 Å². The van der Waals surface area contributed by atoms with Crippen molar-refractivity contribution in [1.82, 2.24) is 5.32 Å². The molecule has 2 N–H and O–H groups in total. The van der Waals surface area contributed by atoms with Crippen LogP contribution in [0.3, 0.4) is 0 Å². The van der Waals surface area contributed by atoms with E-state index in [9.17, 15) is 14.4 Å². The minimum atomic E-state index is -0.486. The lowest BCUT2D eigenvalue weighted by Gasteiger charge is -2.08. The molecule has 7 heteroatoms. The van der Waals surface area contributed by atoms with Crippen LogP contribution in [0.4, 0.5) is 5.69 Å². The Kier molecular flexibility index (Phi) is 6.73. The summed E-state index contributed by atoms with van der Waals surface area (Å²) < 4.78 is 9.67. The van der Waals surface area contributed by atoms with Crippen LogP contribution in [0.5, 0.6) is 5.75 Å². The third kappa shape index (κ3) is 6.95. The highest BCUT2D eigenvalue weighted by molar-refractivity contribution is 5.91. The van der Waals surface area contributed by atoms with Gasteiger partial charge in [0.2, 0.25) is 11.8 Å². The Morgan fingerprint density at radius 3 is 2.67 bits per heavy atom. The fraction of sp³-hybridized carbons (Fsp3) is 0.357. The van der Waals surface area contributed by atoms with Crippen LogP contribution in [-0.2, 0) is 19.1 Å². The second-order valence-electron chi connectivity index (χ2n) is 4.17. The van der Waals surface area contributed by atoms with Gasteiger partial charge in [-0.3, -0.25) is 9.59 Å². The predicted molar refractivity (Wildman–Crippen MR) is 75.9 cm³/mol. The number of hydrogen-bond acceptors (Lipinski definition) is 5. The van der Waals surface area contributed by atoms with Gasteiger partial charge in [-0.1, -0.05) is 6.07 Å². The fourth-order valence-electron chi connectivity index (χ4n) is 1.44. The zero-order valence-electron chi connectivity index (χ0n) is 12.0. The number of hydrogen-bond donors (Lipinski definition) is 2. The molecule has 21 heavy (non-hydrogen) atoms. The van der Waals surface area contributed by atoms with Crippen molar-refractivity contribution in [2.45, 2.75) is 13.3 Å². The SMILES string of the molecule is COC(=O)COc1cccc(NC(=O)CCNC(C)=O)c1. The molecule has 0 unspecified atom stereocenters. The standard InChI is InChI=1S/C14H18N2O5/c1-10(17)15-7-6-13(18)16-11-4-3-5-12(8-11)21-9-14(19)20-2/h3-5,8H,6-7,9H2,1-2H3,(H,15,17)(H,16,18). The number of anilines is 1. The number of benzene rings is 1. The molecule has 0 radical (unpaired) electrons. The van der Waals surface area contributed by atoms with Gasteiger partial charge in [0.25, 0.3) is 0 Å². The Hall–Kier alpha value is -2.57. The van der Waals surface area contributed by atoms with Gasteiger partial charge in [0.15, 0.2) is 6.61 Å². The van der Waals surface area contributed by atoms with Gasteiger partial charge in [-0.05, 0) is 12.1 Å². The van der Waals surface area contributed by atoms with Crippen molar-refractivity contribution in [1.29, 1.82) is 0 Å². The van der Waals surface area contributed by atoms with Crippen LogP contribution < -0.4 is 15.4 Å². The van der Waals surface area contributed by atoms with Gasteiger partial charge < -0.3 is 20.1 Å². The van der Waals surface area contributed by atoms with E-state index >= 15 is 0 Å². The average Bonchev–Trinajstić information content (AvgIpc) is 2.44. The smallest absolute Gasteiger partial charge is 0.343 e. The molecule has 0 bridgehead atoms. The van der Waals surface area contributed by atoms with Crippen LogP contribution in [0.1, 0.15) is 13.3 Å². The van der Waals surface area contributed by atoms with Crippen molar-refractivity contribution in [3.05, 3.63) is 24.3 Å². The van der Waals surface area contributed by atoms with E-state index in [1.54, 1.807) is 24.3 Å². The molecule has 0 saturated heterocycles. The van der Waals surface area contributed by atoms with Crippen molar-refractivity contribution in [2.24, 2.45) is 0 Å². The van der Waals surface area contributed by atoms with Crippen LogP contribution in [0.25, 0.3) is 0 Å². The molecule has 0 fully saturated rings. The molecule has 114 valence electrons. The third-order valence-corrected chi connectivity index (χ3v) is 2.43. The molecule has 1 rings (SSSR count). The van der Waals surface area contributed by atoms with Crippen molar-refractivity contribution in [2.75, 3.05) is 25.6 Å². The molecular weight excluding hydrogens is 276 g/mol. The number of ether oxygens (including phenoxy) is 2. The molecule has 0 saturated carbocycles. The number of carbonyl (C=O) groups is 3. The van der Waals surface area contributed by atoms with Crippen molar-refractivity contribution in [3.8, 4) is 5.75 Å². The number of esters is 1. The zero-order chi connectivity index (χ0) is 15.7. The lowest BCUT2D eigenvalue weighted by molar-refractivity contribution is -0.143. The first kappa shape index (κ1) is 16.5. The Balaban J connectivity index is 2.46. The Morgan fingerprint density at radius 1 is 1.24 bits per heavy atom. The Bertz CT molecular complexity index is 516. The normalized spacial score (nSPS) is 9.62. The maximum Gasteiger partial charge on any atom is 0.343 e. The molecule has 0 aliphatic carbocycles. The van der Waals surface area contributed by atoms with E-state index in [2.05, 4.69) is 15.4 Å². The van der Waals surface area contributed by atoms with Crippen molar-refractivity contribution in [3.63, 3.8) is 0 Å². The van der Waals surface area contributed by atoms with Crippen LogP contribution in [0, 0.1) is 0 Å². The lowest BCUT2D eigenvalue weighted by atomic mass is 10.3. The first-order valence-corrected chi connectivity index (χ1v) is 6.35. The van der Waals surface area contributed by atoms with Crippen LogP contribution in [-0.4, -0.2) is 38.0 Å². The summed E-state index contributed by atoms with van der Waals surface area (Å²) in [5.41, 5.74) is 0.546. The zero-order valence-corrected chi connectivity index (χ0v) is 12.0. The average molecular weight is 294 g/mol.